The summed E-state index contributed by atoms with van der Waals surface area (Å²) in [5.41, 5.74) is 24.3. The maximum absolute atomic E-state index is 14.4. The second kappa shape index (κ2) is 31.0. The molecular formula is C49H73N13O13. The number of H-pyrrole nitrogens is 1. The number of guanidine groups is 1. The normalized spacial score (nSPS) is 14.3. The van der Waals surface area contributed by atoms with E-state index in [2.05, 4.69) is 47.2 Å². The lowest BCUT2D eigenvalue weighted by atomic mass is 10.00. The number of benzene rings is 2. The molecule has 412 valence electrons. The molecule has 3 aromatic rings. The van der Waals surface area contributed by atoms with Gasteiger partial charge in [-0.25, -0.2) is 0 Å². The van der Waals surface area contributed by atoms with Gasteiger partial charge >= 0.3 is 11.9 Å². The Hall–Kier alpha value is -7.84. The molecule has 8 atom stereocenters. The number of aromatic amines is 1. The van der Waals surface area contributed by atoms with Crippen molar-refractivity contribution in [1.82, 2.24) is 42.2 Å². The van der Waals surface area contributed by atoms with Crippen LogP contribution in [-0.2, 0) is 56.0 Å². The van der Waals surface area contributed by atoms with Gasteiger partial charge in [0.2, 0.25) is 41.4 Å². The molecule has 0 spiro atoms. The van der Waals surface area contributed by atoms with E-state index in [0.717, 1.165) is 5.52 Å². The van der Waals surface area contributed by atoms with E-state index in [-0.39, 0.29) is 75.7 Å². The van der Waals surface area contributed by atoms with Crippen LogP contribution in [0, 0.1) is 5.92 Å². The van der Waals surface area contributed by atoms with Crippen LogP contribution in [0.15, 0.2) is 59.7 Å². The van der Waals surface area contributed by atoms with Crippen molar-refractivity contribution in [2.24, 2.45) is 33.8 Å². The molecule has 26 nitrogen and oxygen atoms in total. The van der Waals surface area contributed by atoms with E-state index in [1.807, 2.05) is 0 Å². The number of amides is 7. The molecule has 7 amide bonds. The standard InChI is InChI=1S/C49H73N13O13/c1-26(2)21-36(44(70)58-35(12-8-20-54-49(52)53)42(68)56-27(3)48(74)75)60-43(69)34(11-6-7-19-50)57-45(71)37(22-28-13-15-30(64)16-14-28)61-47(73)39(25-63)62-46(72)38(59-41(67)32(51)17-18-40(65)66)23-29-24-55-33-10-5-4-9-31(29)33/h4-5,9-10,13-16,24,26-27,32,34-39,55,63-64H,6-8,11-12,17-23,25,50-51H2,1-3H3,(H,56,68)(H,57,71)(H,58,70)(H,59,67)(H,60,69)(H,61,73)(H,62,72)(H,65,66)(H,74,75)(H4,52,53,54)/t27-,32-,34-,35-,36-,37-,38-,39-/m0/s1. The molecule has 0 saturated heterocycles. The number of aromatic nitrogens is 1. The minimum absolute atomic E-state index is 0.00755. The SMILES string of the molecule is CC(C)C[C@H](NC(=O)[C@H](CCCCN)NC(=O)[C@H](Cc1ccc(O)cc1)NC(=O)[C@H](CO)NC(=O)[C@H](Cc1c[nH]c2ccccc12)NC(=O)[C@@H](N)CCC(=O)O)C(=O)N[C@@H](CCCN=C(N)N)C(=O)N[C@@H](C)C(=O)O. The fourth-order valence-corrected chi connectivity index (χ4v) is 7.66. The zero-order valence-electron chi connectivity index (χ0n) is 42.3. The van der Waals surface area contributed by atoms with Gasteiger partial charge in [-0.05, 0) is 93.7 Å². The van der Waals surface area contributed by atoms with Gasteiger partial charge in [0.05, 0.1) is 12.6 Å². The number of carbonyl (C=O) groups is 9. The number of aliphatic hydroxyl groups is 1. The molecule has 0 aliphatic heterocycles. The van der Waals surface area contributed by atoms with Crippen LogP contribution in [0.3, 0.4) is 0 Å². The van der Waals surface area contributed by atoms with Crippen LogP contribution in [0.5, 0.6) is 5.75 Å². The Morgan fingerprint density at radius 2 is 1.15 bits per heavy atom. The lowest BCUT2D eigenvalue weighted by molar-refractivity contribution is -0.142. The molecular weight excluding hydrogens is 979 g/mol. The van der Waals surface area contributed by atoms with Crippen LogP contribution in [0.2, 0.25) is 0 Å². The van der Waals surface area contributed by atoms with Gasteiger partial charge < -0.3 is 85.6 Å². The largest absolute Gasteiger partial charge is 0.508 e. The number of aliphatic hydroxyl groups excluding tert-OH is 1. The number of para-hydroxylation sites is 1. The molecule has 0 bridgehead atoms. The first kappa shape index (κ1) is 61.5. The zero-order valence-corrected chi connectivity index (χ0v) is 42.3. The summed E-state index contributed by atoms with van der Waals surface area (Å²) in [6.45, 7) is 4.10. The average molecular weight is 1050 g/mol. The second-order valence-electron chi connectivity index (χ2n) is 18.5. The molecule has 0 saturated carbocycles. The monoisotopic (exact) mass is 1050 g/mol. The summed E-state index contributed by atoms with van der Waals surface area (Å²) in [6, 6.07) is 1.51. The number of phenolic OH excluding ortho intramolecular Hbond substituents is 1. The van der Waals surface area contributed by atoms with Gasteiger partial charge in [-0.2, -0.15) is 0 Å². The summed E-state index contributed by atoms with van der Waals surface area (Å²) in [5, 5.41) is 57.5. The first-order valence-corrected chi connectivity index (χ1v) is 24.5. The van der Waals surface area contributed by atoms with E-state index < -0.39 is 115 Å². The highest BCUT2D eigenvalue weighted by atomic mass is 16.4. The number of aromatic hydroxyl groups is 1. The number of nitrogens with zero attached hydrogens (tertiary/aromatic N) is 1. The van der Waals surface area contributed by atoms with Crippen molar-refractivity contribution in [3.05, 3.63) is 65.9 Å². The number of fused-ring (bicyclic) bond motifs is 1. The topological polar surface area (TPSA) is 451 Å². The summed E-state index contributed by atoms with van der Waals surface area (Å²) in [4.78, 5) is 127. The van der Waals surface area contributed by atoms with Crippen LogP contribution in [0.1, 0.15) is 83.3 Å². The van der Waals surface area contributed by atoms with E-state index >= 15 is 0 Å². The average Bonchev–Trinajstić information content (AvgIpc) is 3.77. The Labute approximate surface area is 433 Å². The summed E-state index contributed by atoms with van der Waals surface area (Å²) >= 11 is 0. The summed E-state index contributed by atoms with van der Waals surface area (Å²) in [7, 11) is 0. The minimum atomic E-state index is -1.74. The van der Waals surface area contributed by atoms with E-state index in [9.17, 15) is 58.5 Å². The van der Waals surface area contributed by atoms with E-state index in [1.165, 1.54) is 31.2 Å². The number of hydrogen-bond donors (Lipinski definition) is 16. The fourth-order valence-electron chi connectivity index (χ4n) is 7.66. The van der Waals surface area contributed by atoms with Crippen molar-refractivity contribution in [3.63, 3.8) is 0 Å². The number of aliphatic carboxylic acids is 2. The van der Waals surface area contributed by atoms with Crippen LogP contribution < -0.4 is 60.2 Å². The molecule has 0 fully saturated rings. The summed E-state index contributed by atoms with van der Waals surface area (Å²) < 4.78 is 0. The van der Waals surface area contributed by atoms with Gasteiger partial charge in [0.25, 0.3) is 0 Å². The quantitative estimate of drug-likeness (QED) is 0.0171. The van der Waals surface area contributed by atoms with Crippen molar-refractivity contribution in [2.45, 2.75) is 133 Å². The number of nitrogens with one attached hydrogen (secondary N) is 8. The van der Waals surface area contributed by atoms with Gasteiger partial charge in [-0.15, -0.1) is 0 Å². The van der Waals surface area contributed by atoms with E-state index in [1.54, 1.807) is 44.3 Å². The van der Waals surface area contributed by atoms with Crippen molar-refractivity contribution in [3.8, 4) is 5.75 Å². The number of nitrogens with two attached hydrogens (primary N) is 4. The number of unbranched alkanes of at least 4 members (excludes halogenated alkanes) is 1. The fraction of sp³-hybridized carbons (Fsp3) is 0.510. The maximum atomic E-state index is 14.4. The Morgan fingerprint density at radius 1 is 0.627 bits per heavy atom. The summed E-state index contributed by atoms with van der Waals surface area (Å²) in [6.07, 6.45) is 1.48. The molecule has 0 aliphatic rings. The number of phenols is 1. The number of hydrogen-bond acceptors (Lipinski definition) is 14. The van der Waals surface area contributed by atoms with Gasteiger partial charge in [0.1, 0.15) is 48.0 Å². The van der Waals surface area contributed by atoms with Crippen molar-refractivity contribution in [1.29, 1.82) is 0 Å². The third-order valence-electron chi connectivity index (χ3n) is 11.8. The molecule has 2 aromatic carbocycles. The molecule has 0 radical (unpaired) electrons. The molecule has 26 heteroatoms. The van der Waals surface area contributed by atoms with Crippen molar-refractivity contribution >= 4 is 70.2 Å². The highest BCUT2D eigenvalue weighted by molar-refractivity contribution is 5.98. The van der Waals surface area contributed by atoms with Gasteiger partial charge in [0.15, 0.2) is 5.96 Å². The van der Waals surface area contributed by atoms with Gasteiger partial charge in [0, 0.05) is 42.9 Å². The minimum Gasteiger partial charge on any atom is -0.508 e. The number of carbonyl (C=O) groups excluding carboxylic acids is 7. The zero-order chi connectivity index (χ0) is 55.8. The van der Waals surface area contributed by atoms with E-state index in [0.29, 0.717) is 29.4 Å². The molecule has 0 aliphatic carbocycles. The van der Waals surface area contributed by atoms with Crippen LogP contribution >= 0.6 is 0 Å². The van der Waals surface area contributed by atoms with Crippen molar-refractivity contribution in [2.75, 3.05) is 19.7 Å². The molecule has 3 rings (SSSR count). The molecule has 1 heterocycles. The predicted molar refractivity (Wildman–Crippen MR) is 275 cm³/mol. The Morgan fingerprint density at radius 3 is 1.73 bits per heavy atom. The molecule has 1 aromatic heterocycles. The van der Waals surface area contributed by atoms with Gasteiger partial charge in [-0.3, -0.25) is 48.1 Å². The number of carboxylic acid groups (broad SMARTS) is 2. The lowest BCUT2D eigenvalue weighted by Gasteiger charge is -2.28. The third kappa shape index (κ3) is 21.3. The Kier molecular flexibility index (Phi) is 25.4. The second-order valence-corrected chi connectivity index (χ2v) is 18.5. The van der Waals surface area contributed by atoms with Crippen LogP contribution in [0.4, 0.5) is 0 Å². The Balaban J connectivity index is 1.92. The smallest absolute Gasteiger partial charge is 0.325 e. The molecule has 0 unspecified atom stereocenters. The molecule has 75 heavy (non-hydrogen) atoms. The third-order valence-corrected chi connectivity index (χ3v) is 11.8. The Bertz CT molecular complexity index is 2450. The first-order valence-electron chi connectivity index (χ1n) is 24.5. The van der Waals surface area contributed by atoms with Crippen LogP contribution in [-0.4, -0.2) is 153 Å². The van der Waals surface area contributed by atoms with Crippen molar-refractivity contribution < 1.29 is 63.6 Å². The number of aliphatic imine (C=N–C) groups is 1. The summed E-state index contributed by atoms with van der Waals surface area (Å²) in [5.74, 6) is -9.26. The number of carboxylic acids is 2. The van der Waals surface area contributed by atoms with Gasteiger partial charge in [-0.1, -0.05) is 44.2 Å². The number of rotatable bonds is 33. The molecule has 20 N–H and O–H groups in total. The first-order chi connectivity index (χ1) is 35.5. The highest BCUT2D eigenvalue weighted by Gasteiger charge is 2.35. The van der Waals surface area contributed by atoms with Crippen LogP contribution in [0.25, 0.3) is 10.9 Å². The highest BCUT2D eigenvalue weighted by Crippen LogP contribution is 2.20. The van der Waals surface area contributed by atoms with E-state index in [4.69, 9.17) is 28.0 Å². The maximum Gasteiger partial charge on any atom is 0.325 e. The predicted octanol–water partition coefficient (Wildman–Crippen LogP) is -2.43. The lowest BCUT2D eigenvalue weighted by Crippen LogP contribution is -2.61.